The molecule has 5 rings (SSSR count). The molecule has 0 spiro atoms. The second kappa shape index (κ2) is 8.91. The highest BCUT2D eigenvalue weighted by molar-refractivity contribution is 7.91. The number of rotatable bonds is 8. The number of hydrogen-bond acceptors (Lipinski definition) is 8. The number of halogens is 2. The number of nitrogens with one attached hydrogen (secondary N) is 1. The van der Waals surface area contributed by atoms with E-state index in [9.17, 15) is 22.3 Å². The Morgan fingerprint density at radius 3 is 2.58 bits per heavy atom. The van der Waals surface area contributed by atoms with Crippen LogP contribution in [-0.2, 0) is 9.84 Å². The highest BCUT2D eigenvalue weighted by atomic mass is 32.2. The first-order chi connectivity index (χ1) is 16.9. The fourth-order valence-electron chi connectivity index (χ4n) is 4.97. The van der Waals surface area contributed by atoms with Crippen LogP contribution in [0.3, 0.4) is 0 Å². The Kier molecular flexibility index (Phi) is 6.14. The van der Waals surface area contributed by atoms with Crippen molar-refractivity contribution < 1.29 is 22.3 Å². The maximum atomic E-state index is 13.3. The minimum Gasteiger partial charge on any atom is -0.390 e. The van der Waals surface area contributed by atoms with Gasteiger partial charge in [-0.1, -0.05) is 12.1 Å². The average Bonchev–Trinajstić information content (AvgIpc) is 3.15. The molecule has 1 aromatic carbocycles. The second-order valence-corrected chi connectivity index (χ2v) is 12.9. The van der Waals surface area contributed by atoms with Crippen molar-refractivity contribution in [2.45, 2.75) is 56.4 Å². The standard InChI is InChI=1S/C24H30F2N6O3S/c1-24(2,33)10-14-12-31(13-14)21-19-11-27-32(17-6-4-5-15(7-17)20(25)26)22(19)30-23(29-21)28-16-8-18(9-16)36(3,34)35/h4-7,11,14,16,18,20,33H,8-10,12-13H2,1-3H3,(H,28,29,30)/t16-,18-. The van der Waals surface area contributed by atoms with Crippen molar-refractivity contribution in [1.82, 2.24) is 19.7 Å². The number of fused-ring (bicyclic) bond motifs is 1. The molecule has 194 valence electrons. The van der Waals surface area contributed by atoms with Crippen LogP contribution in [0, 0.1) is 5.92 Å². The molecule has 1 saturated heterocycles. The summed E-state index contributed by atoms with van der Waals surface area (Å²) in [5, 5.41) is 18.2. The predicted octanol–water partition coefficient (Wildman–Crippen LogP) is 3.34. The van der Waals surface area contributed by atoms with E-state index in [-0.39, 0.29) is 16.9 Å². The Balaban J connectivity index is 1.48. The predicted molar refractivity (Wildman–Crippen MR) is 134 cm³/mol. The van der Waals surface area contributed by atoms with Crippen LogP contribution in [0.25, 0.3) is 16.7 Å². The Labute approximate surface area is 208 Å². The summed E-state index contributed by atoms with van der Waals surface area (Å²) in [6.07, 6.45) is 1.89. The van der Waals surface area contributed by atoms with E-state index in [2.05, 4.69) is 20.3 Å². The first kappa shape index (κ1) is 24.8. The van der Waals surface area contributed by atoms with Crippen LogP contribution in [-0.4, -0.2) is 69.5 Å². The summed E-state index contributed by atoms with van der Waals surface area (Å²) in [6, 6.07) is 5.93. The molecule has 0 amide bonds. The summed E-state index contributed by atoms with van der Waals surface area (Å²) < 4.78 is 51.8. The van der Waals surface area contributed by atoms with Gasteiger partial charge in [-0.05, 0) is 51.2 Å². The molecule has 0 atom stereocenters. The number of nitrogens with zero attached hydrogens (tertiary/aromatic N) is 5. The third kappa shape index (κ3) is 5.01. The monoisotopic (exact) mass is 520 g/mol. The third-order valence-corrected chi connectivity index (χ3v) is 8.45. The van der Waals surface area contributed by atoms with Crippen LogP contribution in [0.15, 0.2) is 30.5 Å². The summed E-state index contributed by atoms with van der Waals surface area (Å²) in [5.74, 6) is 1.32. The molecule has 1 aliphatic carbocycles. The molecule has 2 aliphatic rings. The fraction of sp³-hybridized carbons (Fsp3) is 0.542. The van der Waals surface area contributed by atoms with Gasteiger partial charge in [-0.25, -0.2) is 21.9 Å². The van der Waals surface area contributed by atoms with Crippen molar-refractivity contribution in [1.29, 1.82) is 0 Å². The highest BCUT2D eigenvalue weighted by Gasteiger charge is 2.37. The van der Waals surface area contributed by atoms with Crippen LogP contribution in [0.2, 0.25) is 0 Å². The molecule has 2 fully saturated rings. The van der Waals surface area contributed by atoms with Gasteiger partial charge in [0.15, 0.2) is 5.65 Å². The summed E-state index contributed by atoms with van der Waals surface area (Å²) in [5.41, 5.74) is 0.0645. The van der Waals surface area contributed by atoms with Crippen LogP contribution in [0.1, 0.15) is 45.1 Å². The van der Waals surface area contributed by atoms with E-state index in [1.807, 2.05) is 0 Å². The quantitative estimate of drug-likeness (QED) is 0.465. The van der Waals surface area contributed by atoms with Crippen LogP contribution >= 0.6 is 0 Å². The first-order valence-electron chi connectivity index (χ1n) is 11.9. The number of anilines is 2. The van der Waals surface area contributed by atoms with E-state index in [0.717, 1.165) is 0 Å². The number of aliphatic hydroxyl groups is 1. The van der Waals surface area contributed by atoms with E-state index in [4.69, 9.17) is 4.98 Å². The third-order valence-electron chi connectivity index (χ3n) is 6.85. The van der Waals surface area contributed by atoms with Gasteiger partial charge in [0.05, 0.1) is 28.1 Å². The number of hydrogen-bond donors (Lipinski definition) is 2. The van der Waals surface area contributed by atoms with Crippen molar-refractivity contribution in [2.24, 2.45) is 5.92 Å². The first-order valence-corrected chi connectivity index (χ1v) is 13.9. The number of sulfone groups is 1. The molecule has 1 saturated carbocycles. The molecule has 1 aliphatic heterocycles. The van der Waals surface area contributed by atoms with Gasteiger partial charge in [-0.2, -0.15) is 15.1 Å². The van der Waals surface area contributed by atoms with Gasteiger partial charge >= 0.3 is 0 Å². The summed E-state index contributed by atoms with van der Waals surface area (Å²) in [6.45, 7) is 5.00. The molecule has 0 radical (unpaired) electrons. The van der Waals surface area contributed by atoms with Gasteiger partial charge in [0, 0.05) is 31.0 Å². The Morgan fingerprint density at radius 1 is 1.22 bits per heavy atom. The average molecular weight is 521 g/mol. The molecule has 9 nitrogen and oxygen atoms in total. The molecular weight excluding hydrogens is 490 g/mol. The molecule has 2 N–H and O–H groups in total. The van der Waals surface area contributed by atoms with Gasteiger partial charge in [-0.15, -0.1) is 0 Å². The normalized spacial score (nSPS) is 21.0. The van der Waals surface area contributed by atoms with Gasteiger partial charge in [0.1, 0.15) is 15.7 Å². The Hall–Kier alpha value is -2.86. The van der Waals surface area contributed by atoms with E-state index >= 15 is 0 Å². The fourth-order valence-corrected chi connectivity index (χ4v) is 6.14. The van der Waals surface area contributed by atoms with Crippen molar-refractivity contribution in [3.63, 3.8) is 0 Å². The highest BCUT2D eigenvalue weighted by Crippen LogP contribution is 2.35. The molecule has 12 heteroatoms. The summed E-state index contributed by atoms with van der Waals surface area (Å²) in [4.78, 5) is 11.5. The Bertz CT molecular complexity index is 1380. The zero-order chi connectivity index (χ0) is 25.8. The van der Waals surface area contributed by atoms with Crippen LogP contribution in [0.5, 0.6) is 0 Å². The van der Waals surface area contributed by atoms with Crippen molar-refractivity contribution in [3.8, 4) is 5.69 Å². The van der Waals surface area contributed by atoms with Crippen molar-refractivity contribution in [3.05, 3.63) is 36.0 Å². The number of benzene rings is 1. The summed E-state index contributed by atoms with van der Waals surface area (Å²) >= 11 is 0. The second-order valence-electron chi connectivity index (χ2n) is 10.6. The van der Waals surface area contributed by atoms with Crippen LogP contribution < -0.4 is 10.2 Å². The summed E-state index contributed by atoms with van der Waals surface area (Å²) in [7, 11) is -3.09. The molecule has 0 unspecified atom stereocenters. The van der Waals surface area contributed by atoms with Gasteiger partial charge in [0.25, 0.3) is 6.43 Å². The van der Waals surface area contributed by atoms with Crippen molar-refractivity contribution >= 4 is 32.6 Å². The lowest BCUT2D eigenvalue weighted by atomic mass is 9.88. The van der Waals surface area contributed by atoms with E-state index < -0.39 is 21.9 Å². The lowest BCUT2D eigenvalue weighted by Gasteiger charge is -2.42. The largest absolute Gasteiger partial charge is 0.390 e. The molecular formula is C24H30F2N6O3S. The molecule has 3 aromatic rings. The maximum Gasteiger partial charge on any atom is 0.263 e. The number of aromatic nitrogens is 4. The molecule has 2 aromatic heterocycles. The molecule has 0 bridgehead atoms. The van der Waals surface area contributed by atoms with E-state index in [1.54, 1.807) is 32.2 Å². The minimum absolute atomic E-state index is 0.0760. The molecule has 36 heavy (non-hydrogen) atoms. The minimum atomic E-state index is -3.09. The Morgan fingerprint density at radius 2 is 1.94 bits per heavy atom. The van der Waals surface area contributed by atoms with E-state index in [0.29, 0.717) is 66.8 Å². The zero-order valence-corrected chi connectivity index (χ0v) is 21.2. The topological polar surface area (TPSA) is 113 Å². The number of alkyl halides is 2. The van der Waals surface area contributed by atoms with Gasteiger partial charge in [0.2, 0.25) is 5.95 Å². The van der Waals surface area contributed by atoms with Crippen molar-refractivity contribution in [2.75, 3.05) is 29.6 Å². The van der Waals surface area contributed by atoms with Gasteiger partial charge < -0.3 is 15.3 Å². The maximum absolute atomic E-state index is 13.3. The van der Waals surface area contributed by atoms with Crippen LogP contribution in [0.4, 0.5) is 20.5 Å². The smallest absolute Gasteiger partial charge is 0.263 e. The zero-order valence-electron chi connectivity index (χ0n) is 20.4. The van der Waals surface area contributed by atoms with Gasteiger partial charge in [-0.3, -0.25) is 0 Å². The SMILES string of the molecule is CC(C)(O)CC1CN(c2nc(N[C@H]3C[C@H](S(C)(=O)=O)C3)nc3c2cnn3-c2cccc(C(F)F)c2)C1. The lowest BCUT2D eigenvalue weighted by Crippen LogP contribution is -2.49. The lowest BCUT2D eigenvalue weighted by molar-refractivity contribution is 0.0474. The molecule has 3 heterocycles. The van der Waals surface area contributed by atoms with E-state index in [1.165, 1.54) is 23.1 Å².